The lowest BCUT2D eigenvalue weighted by Gasteiger charge is -2.39. The number of aryl methyl sites for hydroxylation is 1. The van der Waals surface area contributed by atoms with Crippen LogP contribution in [0.3, 0.4) is 0 Å². The van der Waals surface area contributed by atoms with Gasteiger partial charge in [-0.2, -0.15) is 5.10 Å². The average Bonchev–Trinajstić information content (AvgIpc) is 3.55. The van der Waals surface area contributed by atoms with Crippen molar-refractivity contribution in [3.8, 4) is 5.75 Å². The van der Waals surface area contributed by atoms with Crippen molar-refractivity contribution in [1.29, 1.82) is 0 Å². The van der Waals surface area contributed by atoms with E-state index in [4.69, 9.17) is 9.72 Å². The molecular formula is C30H36N8O4S. The van der Waals surface area contributed by atoms with E-state index in [9.17, 15) is 13.2 Å². The molecule has 12 nitrogen and oxygen atoms in total. The number of carbonyl (C=O) groups is 1. The maximum absolute atomic E-state index is 12.9. The SMILES string of the molecule is Cc1cc(OC[C@H](C)c2ccccc2)cn2nc(CCN3CC4(CCN(c5ccnc(S(C)(=O)=O)n5)CC4)NC3=O)nc12. The normalized spacial score (nSPS) is 17.4. The van der Waals surface area contributed by atoms with Gasteiger partial charge < -0.3 is 19.9 Å². The molecular weight excluding hydrogens is 568 g/mol. The number of urea groups is 1. The minimum absolute atomic E-state index is 0.0852. The predicted octanol–water partition coefficient (Wildman–Crippen LogP) is 3.02. The summed E-state index contributed by atoms with van der Waals surface area (Å²) >= 11 is 0. The number of anilines is 1. The Morgan fingerprint density at radius 1 is 1.12 bits per heavy atom. The van der Waals surface area contributed by atoms with Crippen molar-refractivity contribution in [3.05, 3.63) is 71.8 Å². The third-order valence-electron chi connectivity index (χ3n) is 8.26. The molecule has 2 aliphatic rings. The summed E-state index contributed by atoms with van der Waals surface area (Å²) in [4.78, 5) is 29.7. The summed E-state index contributed by atoms with van der Waals surface area (Å²) in [6.07, 6.45) is 6.42. The first-order valence-corrected chi connectivity index (χ1v) is 16.4. The summed E-state index contributed by atoms with van der Waals surface area (Å²) in [5, 5.41) is 7.72. The maximum Gasteiger partial charge on any atom is 0.317 e. The molecule has 2 fully saturated rings. The number of aromatic nitrogens is 5. The lowest BCUT2D eigenvalue weighted by atomic mass is 9.88. The minimum Gasteiger partial charge on any atom is -0.491 e. The van der Waals surface area contributed by atoms with Crippen LogP contribution in [0.25, 0.3) is 5.65 Å². The van der Waals surface area contributed by atoms with Gasteiger partial charge in [0.2, 0.25) is 15.0 Å². The lowest BCUT2D eigenvalue weighted by Crippen LogP contribution is -2.52. The Balaban J connectivity index is 1.05. The molecule has 0 unspecified atom stereocenters. The van der Waals surface area contributed by atoms with Gasteiger partial charge in [-0.25, -0.2) is 32.7 Å². The van der Waals surface area contributed by atoms with Crippen LogP contribution in [-0.4, -0.2) is 88.5 Å². The number of nitrogens with zero attached hydrogens (tertiary/aromatic N) is 7. The van der Waals surface area contributed by atoms with Gasteiger partial charge in [-0.15, -0.1) is 0 Å². The molecule has 5 heterocycles. The fraction of sp³-hybridized carbons (Fsp3) is 0.433. The molecule has 13 heteroatoms. The lowest BCUT2D eigenvalue weighted by molar-refractivity contribution is 0.217. The number of sulfone groups is 1. The van der Waals surface area contributed by atoms with E-state index in [2.05, 4.69) is 39.4 Å². The van der Waals surface area contributed by atoms with Crippen LogP contribution in [0.5, 0.6) is 5.75 Å². The fourth-order valence-corrected chi connectivity index (χ4v) is 6.29. The summed E-state index contributed by atoms with van der Waals surface area (Å²) < 4.78 is 31.6. The molecule has 226 valence electrons. The zero-order valence-corrected chi connectivity index (χ0v) is 25.4. The van der Waals surface area contributed by atoms with E-state index < -0.39 is 9.84 Å². The molecule has 2 saturated heterocycles. The van der Waals surface area contributed by atoms with Gasteiger partial charge in [-0.05, 0) is 43.0 Å². The Bertz CT molecular complexity index is 1740. The van der Waals surface area contributed by atoms with Gasteiger partial charge >= 0.3 is 6.03 Å². The molecule has 6 rings (SSSR count). The number of hydrogen-bond donors (Lipinski definition) is 1. The molecule has 1 spiro atoms. The molecule has 1 N–H and O–H groups in total. The Morgan fingerprint density at radius 2 is 1.88 bits per heavy atom. The summed E-state index contributed by atoms with van der Waals surface area (Å²) in [5.74, 6) is 2.25. The minimum atomic E-state index is -3.49. The van der Waals surface area contributed by atoms with E-state index in [-0.39, 0.29) is 22.6 Å². The molecule has 0 aliphatic carbocycles. The Hall–Kier alpha value is -4.26. The van der Waals surface area contributed by atoms with Crippen molar-refractivity contribution in [2.75, 3.05) is 43.9 Å². The third-order valence-corrected chi connectivity index (χ3v) is 9.12. The first kappa shape index (κ1) is 28.8. The molecule has 0 saturated carbocycles. The average molecular weight is 605 g/mol. The Morgan fingerprint density at radius 3 is 2.63 bits per heavy atom. The molecule has 0 bridgehead atoms. The van der Waals surface area contributed by atoms with E-state index >= 15 is 0 Å². The number of carbonyl (C=O) groups excluding carboxylic acids is 1. The highest BCUT2D eigenvalue weighted by atomic mass is 32.2. The predicted molar refractivity (Wildman–Crippen MR) is 161 cm³/mol. The van der Waals surface area contributed by atoms with Crippen LogP contribution in [0.4, 0.5) is 10.6 Å². The van der Waals surface area contributed by atoms with Crippen molar-refractivity contribution in [2.24, 2.45) is 0 Å². The molecule has 43 heavy (non-hydrogen) atoms. The summed E-state index contributed by atoms with van der Waals surface area (Å²) in [6.45, 7) is 7.10. The van der Waals surface area contributed by atoms with Gasteiger partial charge in [0.25, 0.3) is 0 Å². The number of hydrogen-bond acceptors (Lipinski definition) is 9. The molecule has 3 aromatic heterocycles. The molecule has 4 aromatic rings. The van der Waals surface area contributed by atoms with Crippen LogP contribution >= 0.6 is 0 Å². The topological polar surface area (TPSA) is 135 Å². The van der Waals surface area contributed by atoms with E-state index in [1.165, 1.54) is 11.8 Å². The largest absolute Gasteiger partial charge is 0.491 e. The van der Waals surface area contributed by atoms with Crippen molar-refractivity contribution in [2.45, 2.75) is 49.7 Å². The van der Waals surface area contributed by atoms with Gasteiger partial charge in [-0.1, -0.05) is 37.3 Å². The maximum atomic E-state index is 12.9. The van der Waals surface area contributed by atoms with Gasteiger partial charge in [0.05, 0.1) is 18.3 Å². The van der Waals surface area contributed by atoms with Crippen molar-refractivity contribution in [1.82, 2.24) is 34.8 Å². The highest BCUT2D eigenvalue weighted by molar-refractivity contribution is 7.90. The second-order valence-electron chi connectivity index (χ2n) is 11.6. The van der Waals surface area contributed by atoms with Crippen LogP contribution < -0.4 is 15.0 Å². The van der Waals surface area contributed by atoms with Gasteiger partial charge in [0.15, 0.2) is 11.5 Å². The number of piperidine rings is 1. The van der Waals surface area contributed by atoms with Crippen molar-refractivity contribution >= 4 is 27.3 Å². The van der Waals surface area contributed by atoms with Gasteiger partial charge in [-0.3, -0.25) is 0 Å². The van der Waals surface area contributed by atoms with Gasteiger partial charge in [0, 0.05) is 51.0 Å². The fourth-order valence-electron chi connectivity index (χ4n) is 5.78. The van der Waals surface area contributed by atoms with Crippen molar-refractivity contribution < 1.29 is 17.9 Å². The molecule has 1 atom stereocenters. The number of benzene rings is 1. The van der Waals surface area contributed by atoms with E-state index in [0.717, 1.165) is 36.1 Å². The number of amides is 2. The number of pyridine rings is 1. The summed E-state index contributed by atoms with van der Waals surface area (Å²) in [5.41, 5.74) is 2.65. The van der Waals surface area contributed by atoms with Crippen LogP contribution in [0, 0.1) is 6.92 Å². The first-order valence-electron chi connectivity index (χ1n) is 14.5. The van der Waals surface area contributed by atoms with Crippen LogP contribution in [0.2, 0.25) is 0 Å². The summed E-state index contributed by atoms with van der Waals surface area (Å²) in [6, 6.07) is 13.9. The molecule has 0 radical (unpaired) electrons. The van der Waals surface area contributed by atoms with Gasteiger partial charge in [0.1, 0.15) is 11.6 Å². The van der Waals surface area contributed by atoms with Crippen LogP contribution in [0.15, 0.2) is 60.0 Å². The number of fused-ring (bicyclic) bond motifs is 1. The van der Waals surface area contributed by atoms with Crippen LogP contribution in [-0.2, 0) is 16.3 Å². The second kappa shape index (κ2) is 11.4. The number of rotatable bonds is 9. The van der Waals surface area contributed by atoms with E-state index in [1.807, 2.05) is 47.2 Å². The second-order valence-corrected chi connectivity index (χ2v) is 13.5. The van der Waals surface area contributed by atoms with Crippen molar-refractivity contribution in [3.63, 3.8) is 0 Å². The first-order chi connectivity index (χ1) is 20.6. The molecule has 2 amide bonds. The Labute approximate surface area is 251 Å². The van der Waals surface area contributed by atoms with Crippen LogP contribution in [0.1, 0.15) is 42.6 Å². The molecule has 1 aromatic carbocycles. The standard InChI is InChI=1S/C30H36N8O4S/c1-21-17-24(42-19-22(2)23-7-5-4-6-8-23)18-38-27(21)32-25(35-38)10-14-37-20-30(34-29(37)39)11-15-36(16-12-30)26-9-13-31-28(33-26)43(3,40)41/h4-9,13,17-18,22H,10-12,14-16,19-20H2,1-3H3,(H,34,39)/t22-/m0/s1. The number of ether oxygens (including phenoxy) is 1. The summed E-state index contributed by atoms with van der Waals surface area (Å²) in [7, 11) is -3.49. The zero-order chi connectivity index (χ0) is 30.2. The smallest absolute Gasteiger partial charge is 0.317 e. The third kappa shape index (κ3) is 6.26. The zero-order valence-electron chi connectivity index (χ0n) is 24.6. The highest BCUT2D eigenvalue weighted by Crippen LogP contribution is 2.30. The quantitative estimate of drug-likeness (QED) is 0.286. The monoisotopic (exact) mass is 604 g/mol. The Kier molecular flexibility index (Phi) is 7.67. The van der Waals surface area contributed by atoms with E-state index in [1.54, 1.807) is 10.6 Å². The molecule has 2 aliphatic heterocycles. The van der Waals surface area contributed by atoms with E-state index in [0.29, 0.717) is 50.8 Å². The highest BCUT2D eigenvalue weighted by Gasteiger charge is 2.44. The number of nitrogens with one attached hydrogen (secondary N) is 1.